The van der Waals surface area contributed by atoms with E-state index in [1.54, 1.807) is 12.4 Å². The van der Waals surface area contributed by atoms with Gasteiger partial charge in [0.15, 0.2) is 0 Å². The van der Waals surface area contributed by atoms with Crippen LogP contribution in [0, 0.1) is 0 Å². The normalized spacial score (nSPS) is 11.9. The molecule has 0 amide bonds. The second-order valence-electron chi connectivity index (χ2n) is 4.29. The van der Waals surface area contributed by atoms with Gasteiger partial charge in [0.2, 0.25) is 0 Å². The van der Waals surface area contributed by atoms with Crippen molar-refractivity contribution in [3.05, 3.63) is 34.9 Å². The SMILES string of the molecule is CN(C)S(=O)(=O)NCCc1nc(-c2ccncc2)cs1. The van der Waals surface area contributed by atoms with Crippen molar-refractivity contribution in [3.63, 3.8) is 0 Å². The molecule has 0 aliphatic carbocycles. The molecule has 0 bridgehead atoms. The van der Waals surface area contributed by atoms with Gasteiger partial charge in [0, 0.05) is 50.4 Å². The molecule has 2 aromatic heterocycles. The Balaban J connectivity index is 1.94. The van der Waals surface area contributed by atoms with Crippen LogP contribution >= 0.6 is 11.3 Å². The number of aromatic nitrogens is 2. The molecule has 1 N–H and O–H groups in total. The van der Waals surface area contributed by atoms with Crippen LogP contribution in [0.2, 0.25) is 0 Å². The second kappa shape index (κ2) is 6.40. The van der Waals surface area contributed by atoms with E-state index in [4.69, 9.17) is 0 Å². The Hall–Kier alpha value is -1.35. The largest absolute Gasteiger partial charge is 0.278 e. The Morgan fingerprint density at radius 3 is 2.65 bits per heavy atom. The Morgan fingerprint density at radius 2 is 2.00 bits per heavy atom. The minimum absolute atomic E-state index is 0.337. The van der Waals surface area contributed by atoms with Crippen LogP contribution < -0.4 is 4.72 Å². The van der Waals surface area contributed by atoms with Crippen molar-refractivity contribution in [2.24, 2.45) is 0 Å². The predicted molar refractivity (Wildman–Crippen MR) is 79.7 cm³/mol. The topological polar surface area (TPSA) is 75.2 Å². The Kier molecular flexibility index (Phi) is 4.81. The van der Waals surface area contributed by atoms with Gasteiger partial charge in [0.1, 0.15) is 0 Å². The molecule has 0 spiro atoms. The van der Waals surface area contributed by atoms with Crippen molar-refractivity contribution in [1.29, 1.82) is 0 Å². The first-order chi connectivity index (χ1) is 9.49. The van der Waals surface area contributed by atoms with Gasteiger partial charge < -0.3 is 0 Å². The summed E-state index contributed by atoms with van der Waals surface area (Å²) in [5.74, 6) is 0. The molecule has 0 saturated carbocycles. The quantitative estimate of drug-likeness (QED) is 0.868. The third-order valence-corrected chi connectivity index (χ3v) is 5.07. The Labute approximate surface area is 122 Å². The molecule has 2 rings (SSSR count). The molecule has 0 unspecified atom stereocenters. The standard InChI is InChI=1S/C12H16N4O2S2/c1-16(2)20(17,18)14-8-5-12-15-11(9-19-12)10-3-6-13-7-4-10/h3-4,6-7,9,14H,5,8H2,1-2H3. The van der Waals surface area contributed by atoms with Gasteiger partial charge in [-0.2, -0.15) is 12.7 Å². The van der Waals surface area contributed by atoms with Gasteiger partial charge in [-0.1, -0.05) is 0 Å². The van der Waals surface area contributed by atoms with Gasteiger partial charge in [0.25, 0.3) is 10.2 Å². The van der Waals surface area contributed by atoms with E-state index in [-0.39, 0.29) is 0 Å². The number of hydrogen-bond acceptors (Lipinski definition) is 5. The summed E-state index contributed by atoms with van der Waals surface area (Å²) in [5, 5.41) is 2.86. The first-order valence-corrected chi connectivity index (χ1v) is 8.33. The summed E-state index contributed by atoms with van der Waals surface area (Å²) in [7, 11) is -0.375. The highest BCUT2D eigenvalue weighted by Crippen LogP contribution is 2.21. The van der Waals surface area contributed by atoms with Gasteiger partial charge in [0.05, 0.1) is 10.7 Å². The van der Waals surface area contributed by atoms with E-state index in [1.807, 2.05) is 17.5 Å². The molecule has 0 radical (unpaired) electrons. The minimum atomic E-state index is -3.36. The van der Waals surface area contributed by atoms with Gasteiger partial charge >= 0.3 is 0 Å². The lowest BCUT2D eigenvalue weighted by molar-refractivity contribution is 0.506. The Bertz CT molecular complexity index is 653. The number of thiazole rings is 1. The molecule has 8 heteroatoms. The number of hydrogen-bond donors (Lipinski definition) is 1. The van der Waals surface area contributed by atoms with E-state index >= 15 is 0 Å². The van der Waals surface area contributed by atoms with Gasteiger partial charge in [-0.25, -0.2) is 9.71 Å². The molecule has 6 nitrogen and oxygen atoms in total. The highest BCUT2D eigenvalue weighted by atomic mass is 32.2. The van der Waals surface area contributed by atoms with Crippen molar-refractivity contribution in [2.75, 3.05) is 20.6 Å². The van der Waals surface area contributed by atoms with E-state index in [2.05, 4.69) is 14.7 Å². The van der Waals surface area contributed by atoms with E-state index in [9.17, 15) is 8.42 Å². The first-order valence-electron chi connectivity index (χ1n) is 6.01. The van der Waals surface area contributed by atoms with Gasteiger partial charge in [-0.15, -0.1) is 11.3 Å². The van der Waals surface area contributed by atoms with Crippen LogP contribution in [0.5, 0.6) is 0 Å². The summed E-state index contributed by atoms with van der Waals surface area (Å²) in [6, 6.07) is 3.79. The number of nitrogens with zero attached hydrogens (tertiary/aromatic N) is 3. The summed E-state index contributed by atoms with van der Waals surface area (Å²) in [4.78, 5) is 8.45. The molecule has 20 heavy (non-hydrogen) atoms. The highest BCUT2D eigenvalue weighted by Gasteiger charge is 2.12. The third kappa shape index (κ3) is 3.83. The lowest BCUT2D eigenvalue weighted by Gasteiger charge is -2.11. The van der Waals surface area contributed by atoms with Crippen molar-refractivity contribution in [2.45, 2.75) is 6.42 Å². The third-order valence-electron chi connectivity index (χ3n) is 2.63. The van der Waals surface area contributed by atoms with Crippen molar-refractivity contribution < 1.29 is 8.42 Å². The molecule has 108 valence electrons. The van der Waals surface area contributed by atoms with Crippen LogP contribution in [0.3, 0.4) is 0 Å². The van der Waals surface area contributed by atoms with Crippen LogP contribution in [-0.4, -0.2) is 43.3 Å². The van der Waals surface area contributed by atoms with Crippen molar-refractivity contribution in [3.8, 4) is 11.3 Å². The van der Waals surface area contributed by atoms with Gasteiger partial charge in [-0.05, 0) is 12.1 Å². The summed E-state index contributed by atoms with van der Waals surface area (Å²) < 4.78 is 26.7. The van der Waals surface area contributed by atoms with Crippen LogP contribution in [0.1, 0.15) is 5.01 Å². The smallest absolute Gasteiger partial charge is 0.265 e. The fourth-order valence-electron chi connectivity index (χ4n) is 1.50. The molecule has 0 aliphatic rings. The van der Waals surface area contributed by atoms with Crippen LogP contribution in [0.15, 0.2) is 29.9 Å². The summed E-state index contributed by atoms with van der Waals surface area (Å²) >= 11 is 1.52. The monoisotopic (exact) mass is 312 g/mol. The molecule has 0 saturated heterocycles. The lowest BCUT2D eigenvalue weighted by atomic mass is 10.2. The van der Waals surface area contributed by atoms with Crippen LogP contribution in [0.25, 0.3) is 11.3 Å². The summed E-state index contributed by atoms with van der Waals surface area (Å²) in [6.07, 6.45) is 4.02. The minimum Gasteiger partial charge on any atom is -0.265 e. The molecular weight excluding hydrogens is 296 g/mol. The number of pyridine rings is 1. The maximum atomic E-state index is 11.5. The van der Waals surface area contributed by atoms with Gasteiger partial charge in [-0.3, -0.25) is 4.98 Å². The maximum absolute atomic E-state index is 11.5. The van der Waals surface area contributed by atoms with Crippen molar-refractivity contribution in [1.82, 2.24) is 19.0 Å². The fraction of sp³-hybridized carbons (Fsp3) is 0.333. The zero-order valence-corrected chi connectivity index (χ0v) is 12.9. The first kappa shape index (κ1) is 15.0. The molecule has 2 heterocycles. The maximum Gasteiger partial charge on any atom is 0.278 e. The molecular formula is C12H16N4O2S2. The molecule has 2 aromatic rings. The Morgan fingerprint density at radius 1 is 1.30 bits per heavy atom. The fourth-order valence-corrected chi connectivity index (χ4v) is 2.92. The molecule has 0 fully saturated rings. The van der Waals surface area contributed by atoms with E-state index in [1.165, 1.54) is 25.4 Å². The molecule has 0 atom stereocenters. The summed E-state index contributed by atoms with van der Waals surface area (Å²) in [6.45, 7) is 0.337. The van der Waals surface area contributed by atoms with E-state index < -0.39 is 10.2 Å². The van der Waals surface area contributed by atoms with E-state index in [0.717, 1.165) is 20.6 Å². The average molecular weight is 312 g/mol. The van der Waals surface area contributed by atoms with Crippen LogP contribution in [-0.2, 0) is 16.6 Å². The average Bonchev–Trinajstić information content (AvgIpc) is 2.88. The number of nitrogens with one attached hydrogen (secondary N) is 1. The van der Waals surface area contributed by atoms with Crippen LogP contribution in [0.4, 0.5) is 0 Å². The van der Waals surface area contributed by atoms with Crippen molar-refractivity contribution >= 4 is 21.5 Å². The number of rotatable bonds is 6. The highest BCUT2D eigenvalue weighted by molar-refractivity contribution is 7.87. The molecule has 0 aliphatic heterocycles. The van der Waals surface area contributed by atoms with E-state index in [0.29, 0.717) is 13.0 Å². The molecule has 0 aromatic carbocycles. The predicted octanol–water partition coefficient (Wildman–Crippen LogP) is 1.14. The lowest BCUT2D eigenvalue weighted by Crippen LogP contribution is -2.36. The zero-order valence-electron chi connectivity index (χ0n) is 11.3. The summed E-state index contributed by atoms with van der Waals surface area (Å²) in [5.41, 5.74) is 1.90. The second-order valence-corrected chi connectivity index (χ2v) is 7.21. The zero-order chi connectivity index (χ0) is 14.6.